The fourth-order valence-electron chi connectivity index (χ4n) is 2.67. The summed E-state index contributed by atoms with van der Waals surface area (Å²) in [6.07, 6.45) is 1.18. The summed E-state index contributed by atoms with van der Waals surface area (Å²) in [6, 6.07) is 10.1. The Morgan fingerprint density at radius 2 is 1.74 bits per heavy atom. The molecular formula is C16H18N2O4S. The van der Waals surface area contributed by atoms with Crippen molar-refractivity contribution in [3.8, 4) is 0 Å². The summed E-state index contributed by atoms with van der Waals surface area (Å²) in [5, 5.41) is 4.18. The second-order valence-corrected chi connectivity index (χ2v) is 7.44. The average Bonchev–Trinajstić information content (AvgIpc) is 2.54. The molecule has 0 saturated carbocycles. The molecule has 1 heterocycles. The molecule has 23 heavy (non-hydrogen) atoms. The smallest absolute Gasteiger partial charge is 0.322 e. The van der Waals surface area contributed by atoms with Crippen LogP contribution in [-0.4, -0.2) is 51.9 Å². The fraction of sp³-hybridized carbons (Fsp3) is 0.312. The number of hydrogen-bond acceptors (Lipinski definition) is 4. The molecular weight excluding hydrogens is 316 g/mol. The van der Waals surface area contributed by atoms with Crippen molar-refractivity contribution in [2.75, 3.05) is 37.9 Å². The van der Waals surface area contributed by atoms with E-state index in [9.17, 15) is 13.2 Å². The number of amides is 2. The third kappa shape index (κ3) is 3.30. The standard InChI is InChI=1S/C16H18N2O4S/c1-23(20,21)15-7-3-4-12-13(15)5-2-6-14(12)17-16(19)18-8-10-22-11-9-18/h2-7H,8-11H2,1H3,(H,17,19). The molecule has 0 bridgehead atoms. The van der Waals surface area contributed by atoms with Crippen LogP contribution in [0.4, 0.5) is 10.5 Å². The lowest BCUT2D eigenvalue weighted by Crippen LogP contribution is -2.43. The van der Waals surface area contributed by atoms with E-state index in [1.54, 1.807) is 41.3 Å². The van der Waals surface area contributed by atoms with Crippen molar-refractivity contribution in [1.29, 1.82) is 0 Å². The Kier molecular flexibility index (Phi) is 4.23. The molecule has 0 aliphatic carbocycles. The third-order valence-corrected chi connectivity index (χ3v) is 4.98. The predicted octanol–water partition coefficient (Wildman–Crippen LogP) is 2.11. The molecule has 1 aliphatic heterocycles. The van der Waals surface area contributed by atoms with Gasteiger partial charge in [-0.1, -0.05) is 24.3 Å². The maximum absolute atomic E-state index is 12.3. The molecule has 0 aromatic heterocycles. The monoisotopic (exact) mass is 334 g/mol. The van der Waals surface area contributed by atoms with Gasteiger partial charge in [0.05, 0.1) is 23.8 Å². The maximum Gasteiger partial charge on any atom is 0.322 e. The molecule has 1 aliphatic rings. The molecule has 0 unspecified atom stereocenters. The summed E-state index contributed by atoms with van der Waals surface area (Å²) in [7, 11) is -3.33. The van der Waals surface area contributed by atoms with Crippen LogP contribution in [0.25, 0.3) is 10.8 Å². The zero-order valence-corrected chi connectivity index (χ0v) is 13.6. The van der Waals surface area contributed by atoms with Crippen LogP contribution in [0, 0.1) is 0 Å². The van der Waals surface area contributed by atoms with Gasteiger partial charge in [-0.25, -0.2) is 13.2 Å². The van der Waals surface area contributed by atoms with Crippen LogP contribution in [0.15, 0.2) is 41.3 Å². The number of hydrogen-bond donors (Lipinski definition) is 1. The van der Waals surface area contributed by atoms with Crippen molar-refractivity contribution >= 4 is 32.3 Å². The topological polar surface area (TPSA) is 75.7 Å². The van der Waals surface area contributed by atoms with Crippen molar-refractivity contribution in [2.24, 2.45) is 0 Å². The molecule has 6 nitrogen and oxygen atoms in total. The number of rotatable bonds is 2. The zero-order chi connectivity index (χ0) is 16.4. The summed E-state index contributed by atoms with van der Waals surface area (Å²) >= 11 is 0. The number of anilines is 1. The Labute approximate surface area is 135 Å². The van der Waals surface area contributed by atoms with Crippen LogP contribution < -0.4 is 5.32 Å². The van der Waals surface area contributed by atoms with E-state index in [1.165, 1.54) is 6.26 Å². The lowest BCUT2D eigenvalue weighted by atomic mass is 10.1. The summed E-state index contributed by atoms with van der Waals surface area (Å²) < 4.78 is 29.1. The number of carbonyl (C=O) groups excluding carboxylic acids is 1. The number of carbonyl (C=O) groups is 1. The van der Waals surface area contributed by atoms with Crippen molar-refractivity contribution in [1.82, 2.24) is 4.90 Å². The Hall–Kier alpha value is -2.12. The maximum atomic E-state index is 12.3. The second kappa shape index (κ2) is 6.17. The summed E-state index contributed by atoms with van der Waals surface area (Å²) in [5.74, 6) is 0. The highest BCUT2D eigenvalue weighted by Gasteiger charge is 2.18. The largest absolute Gasteiger partial charge is 0.378 e. The van der Waals surface area contributed by atoms with E-state index in [4.69, 9.17) is 4.74 Å². The number of benzene rings is 2. The minimum atomic E-state index is -3.33. The van der Waals surface area contributed by atoms with Crippen molar-refractivity contribution in [2.45, 2.75) is 4.90 Å². The molecule has 0 spiro atoms. The summed E-state index contributed by atoms with van der Waals surface area (Å²) in [6.45, 7) is 2.15. The van der Waals surface area contributed by atoms with Gasteiger partial charge in [0.2, 0.25) is 0 Å². The zero-order valence-electron chi connectivity index (χ0n) is 12.8. The van der Waals surface area contributed by atoms with E-state index in [0.29, 0.717) is 42.8 Å². The highest BCUT2D eigenvalue weighted by molar-refractivity contribution is 7.91. The van der Waals surface area contributed by atoms with Crippen LogP contribution in [0.5, 0.6) is 0 Å². The fourth-order valence-corrected chi connectivity index (χ4v) is 3.58. The van der Waals surface area contributed by atoms with Crippen LogP contribution in [0.1, 0.15) is 0 Å². The Balaban J connectivity index is 1.97. The van der Waals surface area contributed by atoms with E-state index in [-0.39, 0.29) is 10.9 Å². The molecule has 122 valence electrons. The van der Waals surface area contributed by atoms with Gasteiger partial charge in [-0.2, -0.15) is 0 Å². The number of ether oxygens (including phenoxy) is 1. The molecule has 1 saturated heterocycles. The third-order valence-electron chi connectivity index (χ3n) is 3.82. The molecule has 2 aromatic carbocycles. The second-order valence-electron chi connectivity index (χ2n) is 5.46. The molecule has 0 radical (unpaired) electrons. The van der Waals surface area contributed by atoms with E-state index in [2.05, 4.69) is 5.32 Å². The number of fused-ring (bicyclic) bond motifs is 1. The van der Waals surface area contributed by atoms with Gasteiger partial charge in [0, 0.05) is 30.1 Å². The molecule has 3 rings (SSSR count). The van der Waals surface area contributed by atoms with Gasteiger partial charge >= 0.3 is 6.03 Å². The van der Waals surface area contributed by atoms with Gasteiger partial charge < -0.3 is 15.0 Å². The van der Waals surface area contributed by atoms with Crippen LogP contribution >= 0.6 is 0 Å². The van der Waals surface area contributed by atoms with Crippen molar-refractivity contribution < 1.29 is 17.9 Å². The van der Waals surface area contributed by atoms with Gasteiger partial charge in [-0.3, -0.25) is 0 Å². The van der Waals surface area contributed by atoms with Gasteiger partial charge in [0.25, 0.3) is 0 Å². The Bertz CT molecular complexity index is 842. The normalized spacial score (nSPS) is 15.6. The summed E-state index contributed by atoms with van der Waals surface area (Å²) in [4.78, 5) is 14.3. The van der Waals surface area contributed by atoms with E-state index in [0.717, 1.165) is 0 Å². The minimum absolute atomic E-state index is 0.203. The lowest BCUT2D eigenvalue weighted by Gasteiger charge is -2.27. The van der Waals surface area contributed by atoms with Crippen LogP contribution in [-0.2, 0) is 14.6 Å². The first kappa shape index (κ1) is 15.8. The lowest BCUT2D eigenvalue weighted by molar-refractivity contribution is 0.0565. The number of nitrogens with one attached hydrogen (secondary N) is 1. The van der Waals surface area contributed by atoms with Crippen molar-refractivity contribution in [3.63, 3.8) is 0 Å². The van der Waals surface area contributed by atoms with E-state index >= 15 is 0 Å². The highest BCUT2D eigenvalue weighted by atomic mass is 32.2. The molecule has 7 heteroatoms. The van der Waals surface area contributed by atoms with E-state index < -0.39 is 9.84 Å². The van der Waals surface area contributed by atoms with E-state index in [1.807, 2.05) is 0 Å². The average molecular weight is 334 g/mol. The molecule has 0 atom stereocenters. The Morgan fingerprint density at radius 1 is 1.09 bits per heavy atom. The Morgan fingerprint density at radius 3 is 2.43 bits per heavy atom. The van der Waals surface area contributed by atoms with Crippen molar-refractivity contribution in [3.05, 3.63) is 36.4 Å². The molecule has 1 N–H and O–H groups in total. The first-order valence-corrected chi connectivity index (χ1v) is 9.21. The summed E-state index contributed by atoms with van der Waals surface area (Å²) in [5.41, 5.74) is 0.601. The van der Waals surface area contributed by atoms with Gasteiger partial charge in [0.1, 0.15) is 0 Å². The number of urea groups is 1. The first-order valence-electron chi connectivity index (χ1n) is 7.32. The van der Waals surface area contributed by atoms with Crippen LogP contribution in [0.2, 0.25) is 0 Å². The van der Waals surface area contributed by atoms with Gasteiger partial charge in [-0.05, 0) is 12.1 Å². The molecule has 2 amide bonds. The predicted molar refractivity (Wildman–Crippen MR) is 88.5 cm³/mol. The number of nitrogens with zero attached hydrogens (tertiary/aromatic N) is 1. The first-order chi connectivity index (χ1) is 11.0. The number of sulfone groups is 1. The SMILES string of the molecule is CS(=O)(=O)c1cccc2c(NC(=O)N3CCOCC3)cccc12. The highest BCUT2D eigenvalue weighted by Crippen LogP contribution is 2.29. The minimum Gasteiger partial charge on any atom is -0.378 e. The van der Waals surface area contributed by atoms with Gasteiger partial charge in [-0.15, -0.1) is 0 Å². The molecule has 1 fully saturated rings. The van der Waals surface area contributed by atoms with Crippen LogP contribution in [0.3, 0.4) is 0 Å². The van der Waals surface area contributed by atoms with Gasteiger partial charge in [0.15, 0.2) is 9.84 Å². The quantitative estimate of drug-likeness (QED) is 0.912. The molecule has 2 aromatic rings. The number of morpholine rings is 1.